The lowest BCUT2D eigenvalue weighted by Crippen LogP contribution is -2.46. The van der Waals surface area contributed by atoms with E-state index in [1.807, 2.05) is 13.8 Å². The summed E-state index contributed by atoms with van der Waals surface area (Å²) in [6.07, 6.45) is 0.899. The number of rotatable bonds is 7. The van der Waals surface area contributed by atoms with Crippen LogP contribution < -0.4 is 0 Å². The normalized spacial score (nSPS) is 17.4. The summed E-state index contributed by atoms with van der Waals surface area (Å²) >= 11 is 0. The Balaban J connectivity index is 4.39. The van der Waals surface area contributed by atoms with Crippen molar-refractivity contribution in [2.45, 2.75) is 39.2 Å². The first-order chi connectivity index (χ1) is 6.49. The Morgan fingerprint density at radius 1 is 1.50 bits per heavy atom. The first-order valence-corrected chi connectivity index (χ1v) is 5.02. The molecule has 0 aromatic carbocycles. The van der Waals surface area contributed by atoms with Crippen LogP contribution in [0.4, 0.5) is 0 Å². The molecule has 0 aromatic rings. The van der Waals surface area contributed by atoms with E-state index in [-0.39, 0.29) is 18.9 Å². The summed E-state index contributed by atoms with van der Waals surface area (Å²) in [5, 5.41) is 18.8. The smallest absolute Gasteiger partial charge is 0.336 e. The topological polar surface area (TPSA) is 66.8 Å². The Morgan fingerprint density at radius 2 is 2.07 bits per heavy atom. The Bertz CT molecular complexity index is 181. The van der Waals surface area contributed by atoms with Crippen molar-refractivity contribution in [1.29, 1.82) is 0 Å². The third kappa shape index (κ3) is 3.27. The number of hydrogen-bond donors (Lipinski definition) is 2. The average Bonchev–Trinajstić information content (AvgIpc) is 2.14. The summed E-state index contributed by atoms with van der Waals surface area (Å²) in [6.45, 7) is 6.19. The highest BCUT2D eigenvalue weighted by Crippen LogP contribution is 2.23. The Hall–Kier alpha value is -0.610. The van der Waals surface area contributed by atoms with E-state index in [4.69, 9.17) is 9.84 Å². The molecule has 0 aromatic heterocycles. The standard InChI is InChI=1S/C10H20O4/c1-4-6-10(13,9(11)12)8(3)7-14-5-2/h8,13H,4-7H2,1-3H3,(H,11,12). The number of carbonyl (C=O) groups is 1. The van der Waals surface area contributed by atoms with Crippen LogP contribution in [-0.2, 0) is 9.53 Å². The Kier molecular flexibility index (Phi) is 5.72. The molecule has 0 fully saturated rings. The van der Waals surface area contributed by atoms with Gasteiger partial charge in [0.15, 0.2) is 5.60 Å². The second kappa shape index (κ2) is 5.98. The van der Waals surface area contributed by atoms with Crippen LogP contribution >= 0.6 is 0 Å². The molecule has 0 radical (unpaired) electrons. The molecule has 0 aliphatic rings. The van der Waals surface area contributed by atoms with E-state index in [2.05, 4.69) is 0 Å². The van der Waals surface area contributed by atoms with Crippen molar-refractivity contribution in [2.24, 2.45) is 5.92 Å². The maximum absolute atomic E-state index is 10.9. The van der Waals surface area contributed by atoms with Gasteiger partial charge in [0.2, 0.25) is 0 Å². The van der Waals surface area contributed by atoms with Gasteiger partial charge in [-0.1, -0.05) is 20.3 Å². The highest BCUT2D eigenvalue weighted by molar-refractivity contribution is 5.77. The van der Waals surface area contributed by atoms with Crippen molar-refractivity contribution in [2.75, 3.05) is 13.2 Å². The van der Waals surface area contributed by atoms with Crippen molar-refractivity contribution in [1.82, 2.24) is 0 Å². The van der Waals surface area contributed by atoms with Gasteiger partial charge in [-0.3, -0.25) is 0 Å². The van der Waals surface area contributed by atoms with Gasteiger partial charge < -0.3 is 14.9 Å². The molecule has 0 spiro atoms. The summed E-state index contributed by atoms with van der Waals surface area (Å²) in [6, 6.07) is 0. The Labute approximate surface area is 84.9 Å². The van der Waals surface area contributed by atoms with Gasteiger partial charge in [-0.2, -0.15) is 0 Å². The fourth-order valence-corrected chi connectivity index (χ4v) is 1.38. The minimum atomic E-state index is -1.65. The largest absolute Gasteiger partial charge is 0.479 e. The van der Waals surface area contributed by atoms with Gasteiger partial charge >= 0.3 is 5.97 Å². The van der Waals surface area contributed by atoms with Gasteiger partial charge in [-0.25, -0.2) is 4.79 Å². The summed E-state index contributed by atoms with van der Waals surface area (Å²) in [5.41, 5.74) is -1.65. The van der Waals surface area contributed by atoms with Crippen molar-refractivity contribution in [3.05, 3.63) is 0 Å². The first kappa shape index (κ1) is 13.4. The third-order valence-corrected chi connectivity index (χ3v) is 2.39. The molecule has 2 unspecified atom stereocenters. The molecule has 0 heterocycles. The van der Waals surface area contributed by atoms with Crippen LogP contribution in [0.1, 0.15) is 33.6 Å². The molecule has 4 heteroatoms. The van der Waals surface area contributed by atoms with E-state index >= 15 is 0 Å². The first-order valence-electron chi connectivity index (χ1n) is 5.02. The molecule has 14 heavy (non-hydrogen) atoms. The maximum Gasteiger partial charge on any atom is 0.336 e. The van der Waals surface area contributed by atoms with E-state index in [1.165, 1.54) is 0 Å². The lowest BCUT2D eigenvalue weighted by atomic mass is 9.85. The van der Waals surface area contributed by atoms with E-state index in [0.29, 0.717) is 13.0 Å². The number of aliphatic hydroxyl groups is 1. The van der Waals surface area contributed by atoms with E-state index in [1.54, 1.807) is 6.92 Å². The highest BCUT2D eigenvalue weighted by atomic mass is 16.5. The van der Waals surface area contributed by atoms with Crippen LogP contribution in [-0.4, -0.2) is 35.0 Å². The second-order valence-electron chi connectivity index (χ2n) is 3.54. The van der Waals surface area contributed by atoms with Crippen molar-refractivity contribution in [3.8, 4) is 0 Å². The quantitative estimate of drug-likeness (QED) is 0.655. The van der Waals surface area contributed by atoms with Crippen LogP contribution in [0.3, 0.4) is 0 Å². The predicted molar refractivity (Wildman–Crippen MR) is 53.2 cm³/mol. The Morgan fingerprint density at radius 3 is 2.43 bits per heavy atom. The minimum absolute atomic E-state index is 0.260. The van der Waals surface area contributed by atoms with Gasteiger partial charge in [0.05, 0.1) is 6.61 Å². The predicted octanol–water partition coefficient (Wildman–Crippen LogP) is 1.27. The molecule has 0 aliphatic heterocycles. The lowest BCUT2D eigenvalue weighted by molar-refractivity contribution is -0.168. The molecule has 0 saturated carbocycles. The van der Waals surface area contributed by atoms with Gasteiger partial charge in [-0.05, 0) is 13.3 Å². The zero-order valence-electron chi connectivity index (χ0n) is 9.12. The van der Waals surface area contributed by atoms with Crippen molar-refractivity contribution in [3.63, 3.8) is 0 Å². The molecule has 0 amide bonds. The highest BCUT2D eigenvalue weighted by Gasteiger charge is 2.40. The molecule has 0 rings (SSSR count). The SMILES string of the molecule is CCCC(O)(C(=O)O)C(C)COCC. The van der Waals surface area contributed by atoms with Gasteiger partial charge in [0.25, 0.3) is 0 Å². The molecule has 2 atom stereocenters. The minimum Gasteiger partial charge on any atom is -0.479 e. The van der Waals surface area contributed by atoms with Crippen LogP contribution in [0, 0.1) is 5.92 Å². The van der Waals surface area contributed by atoms with Gasteiger partial charge in [0.1, 0.15) is 0 Å². The zero-order chi connectivity index (χ0) is 11.2. The van der Waals surface area contributed by atoms with Crippen LogP contribution in [0.15, 0.2) is 0 Å². The number of carboxylic acid groups (broad SMARTS) is 1. The number of ether oxygens (including phenoxy) is 1. The summed E-state index contributed by atoms with van der Waals surface area (Å²) in [4.78, 5) is 10.9. The zero-order valence-corrected chi connectivity index (χ0v) is 9.12. The average molecular weight is 204 g/mol. The maximum atomic E-state index is 10.9. The summed E-state index contributed by atoms with van der Waals surface area (Å²) in [7, 11) is 0. The van der Waals surface area contributed by atoms with Gasteiger partial charge in [0, 0.05) is 12.5 Å². The summed E-state index contributed by atoms with van der Waals surface area (Å²) < 4.78 is 5.11. The lowest BCUT2D eigenvalue weighted by Gasteiger charge is -2.29. The monoisotopic (exact) mass is 204 g/mol. The fraction of sp³-hybridized carbons (Fsp3) is 0.900. The molecule has 4 nitrogen and oxygen atoms in total. The van der Waals surface area contributed by atoms with Crippen LogP contribution in [0.2, 0.25) is 0 Å². The molecule has 0 saturated heterocycles. The third-order valence-electron chi connectivity index (χ3n) is 2.39. The molecule has 2 N–H and O–H groups in total. The number of aliphatic carboxylic acids is 1. The second-order valence-corrected chi connectivity index (χ2v) is 3.54. The number of hydrogen-bond acceptors (Lipinski definition) is 3. The fourth-order valence-electron chi connectivity index (χ4n) is 1.38. The molecule has 0 aliphatic carbocycles. The number of carboxylic acids is 1. The van der Waals surface area contributed by atoms with E-state index in [0.717, 1.165) is 0 Å². The van der Waals surface area contributed by atoms with E-state index in [9.17, 15) is 9.90 Å². The van der Waals surface area contributed by atoms with E-state index < -0.39 is 11.6 Å². The summed E-state index contributed by atoms with van der Waals surface area (Å²) in [5.74, 6) is -1.55. The van der Waals surface area contributed by atoms with Gasteiger partial charge in [-0.15, -0.1) is 0 Å². The molecular weight excluding hydrogens is 184 g/mol. The molecular formula is C10H20O4. The molecule has 0 bridgehead atoms. The van der Waals surface area contributed by atoms with Crippen LogP contribution in [0.25, 0.3) is 0 Å². The molecule has 84 valence electrons. The van der Waals surface area contributed by atoms with Crippen molar-refractivity contribution < 1.29 is 19.7 Å². The van der Waals surface area contributed by atoms with Crippen LogP contribution in [0.5, 0.6) is 0 Å². The van der Waals surface area contributed by atoms with Crippen molar-refractivity contribution >= 4 is 5.97 Å².